The van der Waals surface area contributed by atoms with E-state index >= 15 is 0 Å². The number of hydrogen-bond acceptors (Lipinski definition) is 3. The lowest BCUT2D eigenvalue weighted by Gasteiger charge is -2.21. The molecule has 0 aliphatic heterocycles. The number of nitrogens with zero attached hydrogens (tertiary/aromatic N) is 4. The highest BCUT2D eigenvalue weighted by Gasteiger charge is 2.36. The third kappa shape index (κ3) is 5.34. The number of benzene rings is 7. The number of para-hydroxylation sites is 1. The molecule has 0 saturated carbocycles. The molecule has 4 heteroatoms. The van der Waals surface area contributed by atoms with E-state index in [1.165, 1.54) is 55.4 Å². The Morgan fingerprint density at radius 3 is 1.43 bits per heavy atom. The molecular formula is C50H36N4. The van der Waals surface area contributed by atoms with Crippen molar-refractivity contribution < 1.29 is 0 Å². The molecule has 0 spiro atoms. The van der Waals surface area contributed by atoms with E-state index in [9.17, 15) is 0 Å². The summed E-state index contributed by atoms with van der Waals surface area (Å²) < 4.78 is 2.32. The molecular weight excluding hydrogens is 657 g/mol. The Morgan fingerprint density at radius 1 is 0.389 bits per heavy atom. The average molecular weight is 693 g/mol. The maximum Gasteiger partial charge on any atom is 0.164 e. The quantitative estimate of drug-likeness (QED) is 0.174. The summed E-state index contributed by atoms with van der Waals surface area (Å²) in [4.78, 5) is 15.0. The number of aromatic nitrogens is 4. The normalized spacial score (nSPS) is 12.8. The SMILES string of the molecule is CC1(C)c2ccc(-c3nc(-c4ccccc4)nc(-c4ccccc4)n3)cc2-c2cc(-c3cn(-c4ccccc4)c4ccc(-c5ccccc5)cc34)ccc21. The first kappa shape index (κ1) is 31.8. The van der Waals surface area contributed by atoms with Gasteiger partial charge < -0.3 is 4.57 Å². The van der Waals surface area contributed by atoms with Gasteiger partial charge >= 0.3 is 0 Å². The predicted octanol–water partition coefficient (Wildman–Crippen LogP) is 12.5. The molecule has 10 rings (SSSR count). The highest BCUT2D eigenvalue weighted by atomic mass is 15.0. The first-order chi connectivity index (χ1) is 26.5. The van der Waals surface area contributed by atoms with Crippen LogP contribution in [0.1, 0.15) is 25.0 Å². The minimum absolute atomic E-state index is 0.163. The summed E-state index contributed by atoms with van der Waals surface area (Å²) >= 11 is 0. The molecule has 9 aromatic rings. The fourth-order valence-electron chi connectivity index (χ4n) is 8.09. The van der Waals surface area contributed by atoms with E-state index in [4.69, 9.17) is 15.0 Å². The number of fused-ring (bicyclic) bond motifs is 4. The summed E-state index contributed by atoms with van der Waals surface area (Å²) in [6.07, 6.45) is 2.30. The molecule has 0 fully saturated rings. The Hall–Kier alpha value is -6.91. The Kier molecular flexibility index (Phi) is 7.44. The molecule has 0 radical (unpaired) electrons. The Balaban J connectivity index is 1.14. The van der Waals surface area contributed by atoms with Gasteiger partial charge in [-0.1, -0.05) is 153 Å². The van der Waals surface area contributed by atoms with Crippen LogP contribution in [-0.4, -0.2) is 19.5 Å². The number of hydrogen-bond donors (Lipinski definition) is 0. The van der Waals surface area contributed by atoms with Gasteiger partial charge in [0.2, 0.25) is 0 Å². The van der Waals surface area contributed by atoms with Crippen LogP contribution in [0.5, 0.6) is 0 Å². The molecule has 0 bridgehead atoms. The highest BCUT2D eigenvalue weighted by molar-refractivity contribution is 6.00. The van der Waals surface area contributed by atoms with Crippen molar-refractivity contribution in [3.63, 3.8) is 0 Å². The summed E-state index contributed by atoms with van der Waals surface area (Å²) in [5.41, 5.74) is 14.9. The fraction of sp³-hybridized carbons (Fsp3) is 0.0600. The van der Waals surface area contributed by atoms with Crippen molar-refractivity contribution in [1.29, 1.82) is 0 Å². The van der Waals surface area contributed by atoms with Crippen LogP contribution in [0.15, 0.2) is 182 Å². The van der Waals surface area contributed by atoms with E-state index in [-0.39, 0.29) is 5.41 Å². The highest BCUT2D eigenvalue weighted by Crippen LogP contribution is 2.51. The predicted molar refractivity (Wildman–Crippen MR) is 221 cm³/mol. The van der Waals surface area contributed by atoms with Gasteiger partial charge in [-0.05, 0) is 75.3 Å². The van der Waals surface area contributed by atoms with Crippen LogP contribution >= 0.6 is 0 Å². The van der Waals surface area contributed by atoms with E-state index in [2.05, 4.69) is 164 Å². The maximum atomic E-state index is 5.06. The molecule has 54 heavy (non-hydrogen) atoms. The Morgan fingerprint density at radius 2 is 0.852 bits per heavy atom. The molecule has 0 N–H and O–H groups in total. The van der Waals surface area contributed by atoms with Gasteiger partial charge in [0.15, 0.2) is 17.5 Å². The summed E-state index contributed by atoms with van der Waals surface area (Å²) in [6, 6.07) is 62.1. The molecule has 256 valence electrons. The standard InChI is InChI=1S/C50H36N4/c1-50(2)44-26-23-37(43-32-54(39-21-13-6-14-22-39)46-28-25-36(29-42(43)46)33-15-7-3-8-16-33)30-40(44)41-31-38(24-27-45(41)50)49-52-47(34-17-9-4-10-18-34)51-48(53-49)35-19-11-5-12-20-35/h3-32H,1-2H3. The molecule has 1 aliphatic rings. The summed E-state index contributed by atoms with van der Waals surface area (Å²) in [5.74, 6) is 1.98. The zero-order valence-electron chi connectivity index (χ0n) is 30.1. The van der Waals surface area contributed by atoms with E-state index in [1.54, 1.807) is 0 Å². The van der Waals surface area contributed by atoms with Gasteiger partial charge in [-0.2, -0.15) is 0 Å². The van der Waals surface area contributed by atoms with Crippen LogP contribution in [0.4, 0.5) is 0 Å². The fourth-order valence-corrected chi connectivity index (χ4v) is 8.09. The maximum absolute atomic E-state index is 5.06. The minimum Gasteiger partial charge on any atom is -0.316 e. The third-order valence-corrected chi connectivity index (χ3v) is 10.9. The van der Waals surface area contributed by atoms with Crippen LogP contribution in [0.25, 0.3) is 84.1 Å². The first-order valence-electron chi connectivity index (χ1n) is 18.4. The van der Waals surface area contributed by atoms with Crippen molar-refractivity contribution in [3.8, 4) is 73.2 Å². The van der Waals surface area contributed by atoms with Crippen LogP contribution in [0.3, 0.4) is 0 Å². The monoisotopic (exact) mass is 692 g/mol. The van der Waals surface area contributed by atoms with Crippen LogP contribution < -0.4 is 0 Å². The average Bonchev–Trinajstić information content (AvgIpc) is 3.73. The largest absolute Gasteiger partial charge is 0.316 e. The molecule has 4 nitrogen and oxygen atoms in total. The van der Waals surface area contributed by atoms with Crippen molar-refractivity contribution >= 4 is 10.9 Å². The Bertz CT molecular complexity index is 2760. The van der Waals surface area contributed by atoms with Crippen LogP contribution in [0, 0.1) is 0 Å². The van der Waals surface area contributed by atoms with Gasteiger partial charge in [0.25, 0.3) is 0 Å². The third-order valence-electron chi connectivity index (χ3n) is 10.9. The topological polar surface area (TPSA) is 43.6 Å². The number of rotatable bonds is 6. The summed E-state index contributed by atoms with van der Waals surface area (Å²) in [5, 5.41) is 1.22. The second kappa shape index (κ2) is 12.6. The van der Waals surface area contributed by atoms with E-state index < -0.39 is 0 Å². The second-order valence-electron chi connectivity index (χ2n) is 14.5. The van der Waals surface area contributed by atoms with Crippen molar-refractivity contribution in [2.24, 2.45) is 0 Å². The van der Waals surface area contributed by atoms with Crippen LogP contribution in [-0.2, 0) is 5.41 Å². The molecule has 2 aromatic heterocycles. The lowest BCUT2D eigenvalue weighted by atomic mass is 9.82. The lowest BCUT2D eigenvalue weighted by Crippen LogP contribution is -2.14. The van der Waals surface area contributed by atoms with Crippen molar-refractivity contribution in [2.45, 2.75) is 19.3 Å². The second-order valence-corrected chi connectivity index (χ2v) is 14.5. The lowest BCUT2D eigenvalue weighted by molar-refractivity contribution is 0.660. The zero-order chi connectivity index (χ0) is 36.2. The zero-order valence-corrected chi connectivity index (χ0v) is 30.1. The van der Waals surface area contributed by atoms with Gasteiger partial charge in [-0.25, -0.2) is 15.0 Å². The van der Waals surface area contributed by atoms with Crippen molar-refractivity contribution in [1.82, 2.24) is 19.5 Å². The van der Waals surface area contributed by atoms with Crippen molar-refractivity contribution in [3.05, 3.63) is 193 Å². The Labute approximate surface area is 315 Å². The van der Waals surface area contributed by atoms with Crippen molar-refractivity contribution in [2.75, 3.05) is 0 Å². The smallest absolute Gasteiger partial charge is 0.164 e. The molecule has 7 aromatic carbocycles. The van der Waals surface area contributed by atoms with Gasteiger partial charge in [-0.3, -0.25) is 0 Å². The first-order valence-corrected chi connectivity index (χ1v) is 18.4. The van der Waals surface area contributed by atoms with Gasteiger partial charge in [0, 0.05) is 44.9 Å². The van der Waals surface area contributed by atoms with E-state index in [1.807, 2.05) is 36.4 Å². The van der Waals surface area contributed by atoms with E-state index in [0.717, 1.165) is 22.4 Å². The van der Waals surface area contributed by atoms with Gasteiger partial charge in [-0.15, -0.1) is 0 Å². The molecule has 0 amide bonds. The summed E-state index contributed by atoms with van der Waals surface area (Å²) in [7, 11) is 0. The molecule has 2 heterocycles. The van der Waals surface area contributed by atoms with E-state index in [0.29, 0.717) is 17.5 Å². The van der Waals surface area contributed by atoms with Crippen LogP contribution in [0.2, 0.25) is 0 Å². The molecule has 0 unspecified atom stereocenters. The summed E-state index contributed by atoms with van der Waals surface area (Å²) in [6.45, 7) is 4.66. The minimum atomic E-state index is -0.163. The van der Waals surface area contributed by atoms with Gasteiger partial charge in [0.05, 0.1) is 5.52 Å². The molecule has 0 saturated heterocycles. The molecule has 0 atom stereocenters. The van der Waals surface area contributed by atoms with Gasteiger partial charge in [0.1, 0.15) is 0 Å². The molecule has 1 aliphatic carbocycles.